The van der Waals surface area contributed by atoms with Gasteiger partial charge in [-0.15, -0.1) is 0 Å². The van der Waals surface area contributed by atoms with Gasteiger partial charge in [0.05, 0.1) is 0 Å². The number of carboxylic acids is 1. The zero-order chi connectivity index (χ0) is 9.72. The van der Waals surface area contributed by atoms with Crippen molar-refractivity contribution >= 4 is 5.97 Å². The SMILES string of the molecule is CCN(CC)C(C(=O)O)C(C)C. The maximum Gasteiger partial charge on any atom is 0.321 e. The van der Waals surface area contributed by atoms with E-state index in [1.165, 1.54) is 0 Å². The third-order valence-electron chi connectivity index (χ3n) is 2.09. The van der Waals surface area contributed by atoms with E-state index in [1.54, 1.807) is 0 Å². The van der Waals surface area contributed by atoms with Gasteiger partial charge in [0, 0.05) is 0 Å². The summed E-state index contributed by atoms with van der Waals surface area (Å²) in [7, 11) is 0. The van der Waals surface area contributed by atoms with Gasteiger partial charge in [0.25, 0.3) is 0 Å². The van der Waals surface area contributed by atoms with E-state index in [9.17, 15) is 4.79 Å². The average Bonchev–Trinajstić information content (AvgIpc) is 1.98. The number of aliphatic carboxylic acids is 1. The molecule has 0 aromatic rings. The van der Waals surface area contributed by atoms with Crippen LogP contribution in [0.3, 0.4) is 0 Å². The minimum absolute atomic E-state index is 0.169. The molecule has 0 spiro atoms. The lowest BCUT2D eigenvalue weighted by molar-refractivity contribution is -0.144. The maximum absolute atomic E-state index is 10.9. The smallest absolute Gasteiger partial charge is 0.321 e. The fraction of sp³-hybridized carbons (Fsp3) is 0.889. The zero-order valence-corrected chi connectivity index (χ0v) is 8.37. The normalized spacial score (nSPS) is 13.8. The van der Waals surface area contributed by atoms with Crippen molar-refractivity contribution < 1.29 is 9.90 Å². The third kappa shape index (κ3) is 2.81. The molecular formula is C9H19NO2. The molecule has 1 unspecified atom stereocenters. The van der Waals surface area contributed by atoms with Crippen LogP contribution in [0.15, 0.2) is 0 Å². The van der Waals surface area contributed by atoms with Crippen LogP contribution in [-0.2, 0) is 4.79 Å². The number of hydrogen-bond acceptors (Lipinski definition) is 2. The number of carboxylic acid groups (broad SMARTS) is 1. The number of rotatable bonds is 5. The molecule has 3 nitrogen and oxygen atoms in total. The van der Waals surface area contributed by atoms with Gasteiger partial charge in [-0.3, -0.25) is 9.69 Å². The van der Waals surface area contributed by atoms with Gasteiger partial charge < -0.3 is 5.11 Å². The van der Waals surface area contributed by atoms with Crippen LogP contribution >= 0.6 is 0 Å². The molecular weight excluding hydrogens is 154 g/mol. The second-order valence-corrected chi connectivity index (χ2v) is 3.25. The summed E-state index contributed by atoms with van der Waals surface area (Å²) in [5.74, 6) is -0.545. The van der Waals surface area contributed by atoms with Crippen molar-refractivity contribution in [3.05, 3.63) is 0 Å². The van der Waals surface area contributed by atoms with Gasteiger partial charge in [-0.1, -0.05) is 27.7 Å². The Morgan fingerprint density at radius 2 is 1.75 bits per heavy atom. The van der Waals surface area contributed by atoms with Crippen molar-refractivity contribution in [3.63, 3.8) is 0 Å². The van der Waals surface area contributed by atoms with E-state index in [1.807, 2.05) is 32.6 Å². The molecule has 0 aromatic carbocycles. The standard InChI is InChI=1S/C9H19NO2/c1-5-10(6-2)8(7(3)4)9(11)12/h7-8H,5-6H2,1-4H3,(H,11,12). The Morgan fingerprint density at radius 3 is 1.83 bits per heavy atom. The Labute approximate surface area is 74.4 Å². The zero-order valence-electron chi connectivity index (χ0n) is 8.37. The molecule has 0 fully saturated rings. The molecule has 0 saturated carbocycles. The summed E-state index contributed by atoms with van der Waals surface area (Å²) in [5, 5.41) is 8.93. The molecule has 0 aliphatic heterocycles. The molecule has 0 heterocycles. The number of nitrogens with zero attached hydrogens (tertiary/aromatic N) is 1. The summed E-state index contributed by atoms with van der Waals surface area (Å²) in [5.41, 5.74) is 0. The van der Waals surface area contributed by atoms with Crippen LogP contribution in [0.25, 0.3) is 0 Å². The summed E-state index contributed by atoms with van der Waals surface area (Å²) in [4.78, 5) is 12.8. The van der Waals surface area contributed by atoms with Crippen molar-refractivity contribution in [2.24, 2.45) is 5.92 Å². The summed E-state index contributed by atoms with van der Waals surface area (Å²) in [6.45, 7) is 9.45. The van der Waals surface area contributed by atoms with Crippen LogP contribution < -0.4 is 0 Å². The number of hydrogen-bond donors (Lipinski definition) is 1. The molecule has 3 heteroatoms. The van der Waals surface area contributed by atoms with Crippen molar-refractivity contribution in [3.8, 4) is 0 Å². The van der Waals surface area contributed by atoms with E-state index in [2.05, 4.69) is 0 Å². The van der Waals surface area contributed by atoms with E-state index >= 15 is 0 Å². The van der Waals surface area contributed by atoms with E-state index in [4.69, 9.17) is 5.11 Å². The largest absolute Gasteiger partial charge is 0.480 e. The summed E-state index contributed by atoms with van der Waals surface area (Å²) in [6, 6.07) is -0.333. The topological polar surface area (TPSA) is 40.5 Å². The summed E-state index contributed by atoms with van der Waals surface area (Å²) < 4.78 is 0. The lowest BCUT2D eigenvalue weighted by Gasteiger charge is -2.28. The van der Waals surface area contributed by atoms with Gasteiger partial charge in [-0.25, -0.2) is 0 Å². The van der Waals surface area contributed by atoms with Crippen LogP contribution in [-0.4, -0.2) is 35.1 Å². The van der Waals surface area contributed by atoms with Crippen LogP contribution in [0.5, 0.6) is 0 Å². The molecule has 0 aliphatic carbocycles. The highest BCUT2D eigenvalue weighted by atomic mass is 16.4. The molecule has 0 aliphatic rings. The first kappa shape index (κ1) is 11.4. The Morgan fingerprint density at radius 1 is 1.33 bits per heavy atom. The molecule has 0 aromatic heterocycles. The summed E-state index contributed by atoms with van der Waals surface area (Å²) in [6.07, 6.45) is 0. The first-order valence-corrected chi connectivity index (χ1v) is 4.51. The molecule has 0 radical (unpaired) electrons. The molecule has 0 amide bonds. The minimum Gasteiger partial charge on any atom is -0.480 e. The predicted octanol–water partition coefficient (Wildman–Crippen LogP) is 1.44. The van der Waals surface area contributed by atoms with Crippen LogP contribution in [0, 0.1) is 5.92 Å². The Hall–Kier alpha value is -0.570. The first-order valence-electron chi connectivity index (χ1n) is 4.51. The average molecular weight is 173 g/mol. The monoisotopic (exact) mass is 173 g/mol. The van der Waals surface area contributed by atoms with Crippen LogP contribution in [0.1, 0.15) is 27.7 Å². The third-order valence-corrected chi connectivity index (χ3v) is 2.09. The maximum atomic E-state index is 10.9. The Balaban J connectivity index is 4.36. The lowest BCUT2D eigenvalue weighted by Crippen LogP contribution is -2.44. The Kier molecular flexibility index (Phi) is 4.90. The van der Waals surface area contributed by atoms with Crippen LogP contribution in [0.4, 0.5) is 0 Å². The van der Waals surface area contributed by atoms with Crippen molar-refractivity contribution in [1.29, 1.82) is 0 Å². The fourth-order valence-electron chi connectivity index (χ4n) is 1.48. The van der Waals surface area contributed by atoms with Gasteiger partial charge >= 0.3 is 5.97 Å². The fourth-order valence-corrected chi connectivity index (χ4v) is 1.48. The van der Waals surface area contributed by atoms with Crippen LogP contribution in [0.2, 0.25) is 0 Å². The number of likely N-dealkylation sites (N-methyl/N-ethyl adjacent to an activating group) is 1. The van der Waals surface area contributed by atoms with Gasteiger partial charge in [0.1, 0.15) is 6.04 Å². The summed E-state index contributed by atoms with van der Waals surface area (Å²) >= 11 is 0. The van der Waals surface area contributed by atoms with Gasteiger partial charge in [0.15, 0.2) is 0 Å². The predicted molar refractivity (Wildman–Crippen MR) is 49.2 cm³/mol. The molecule has 72 valence electrons. The van der Waals surface area contributed by atoms with E-state index in [0.29, 0.717) is 0 Å². The van der Waals surface area contributed by atoms with Gasteiger partial charge in [-0.05, 0) is 19.0 Å². The quantitative estimate of drug-likeness (QED) is 0.684. The molecule has 0 saturated heterocycles. The molecule has 0 rings (SSSR count). The van der Waals surface area contributed by atoms with Gasteiger partial charge in [0.2, 0.25) is 0 Å². The second-order valence-electron chi connectivity index (χ2n) is 3.25. The first-order chi connectivity index (χ1) is 5.54. The van der Waals surface area contributed by atoms with Crippen molar-refractivity contribution in [1.82, 2.24) is 4.90 Å². The highest BCUT2D eigenvalue weighted by molar-refractivity contribution is 5.73. The van der Waals surface area contributed by atoms with E-state index in [0.717, 1.165) is 13.1 Å². The van der Waals surface area contributed by atoms with Crippen molar-refractivity contribution in [2.75, 3.05) is 13.1 Å². The molecule has 0 bridgehead atoms. The molecule has 1 atom stereocenters. The minimum atomic E-state index is -0.714. The molecule has 12 heavy (non-hydrogen) atoms. The van der Waals surface area contributed by atoms with Gasteiger partial charge in [-0.2, -0.15) is 0 Å². The van der Waals surface area contributed by atoms with E-state index < -0.39 is 5.97 Å². The lowest BCUT2D eigenvalue weighted by atomic mass is 10.0. The van der Waals surface area contributed by atoms with E-state index in [-0.39, 0.29) is 12.0 Å². The highest BCUT2D eigenvalue weighted by Crippen LogP contribution is 2.10. The number of carbonyl (C=O) groups is 1. The highest BCUT2D eigenvalue weighted by Gasteiger charge is 2.26. The second kappa shape index (κ2) is 5.14. The molecule has 1 N–H and O–H groups in total. The Bertz CT molecular complexity index is 141. The van der Waals surface area contributed by atoms with Crippen molar-refractivity contribution in [2.45, 2.75) is 33.7 Å².